The normalized spacial score (nSPS) is 17.2. The van der Waals surface area contributed by atoms with Gasteiger partial charge in [0.25, 0.3) is 5.89 Å². The fourth-order valence-electron chi connectivity index (χ4n) is 5.94. The van der Waals surface area contributed by atoms with Gasteiger partial charge in [0, 0.05) is 17.7 Å². The van der Waals surface area contributed by atoms with Gasteiger partial charge in [0.1, 0.15) is 11.4 Å². The van der Waals surface area contributed by atoms with Gasteiger partial charge < -0.3 is 13.9 Å². The molecule has 1 atom stereocenters. The molecule has 0 fully saturated rings. The highest BCUT2D eigenvalue weighted by Crippen LogP contribution is 2.57. The van der Waals surface area contributed by atoms with Crippen molar-refractivity contribution in [2.24, 2.45) is 0 Å². The van der Waals surface area contributed by atoms with Gasteiger partial charge >= 0.3 is 11.5 Å². The van der Waals surface area contributed by atoms with Gasteiger partial charge in [0.15, 0.2) is 28.8 Å². The number of ether oxygens (including phenoxy) is 2. The summed E-state index contributed by atoms with van der Waals surface area (Å²) in [5.41, 5.74) is 3.79. The third-order valence-electron chi connectivity index (χ3n) is 7.36. The number of fused-ring (bicyclic) bond motifs is 3. The second-order valence-electron chi connectivity index (χ2n) is 9.21. The van der Waals surface area contributed by atoms with Crippen molar-refractivity contribution in [2.45, 2.75) is 5.66 Å². The molecule has 1 spiro atoms. The van der Waals surface area contributed by atoms with Gasteiger partial charge in [-0.05, 0) is 47.1 Å². The summed E-state index contributed by atoms with van der Waals surface area (Å²) in [6, 6.07) is 27.8. The van der Waals surface area contributed by atoms with Gasteiger partial charge in [-0.2, -0.15) is 0 Å². The van der Waals surface area contributed by atoms with Crippen molar-refractivity contribution in [2.75, 3.05) is 0 Å². The predicted molar refractivity (Wildman–Crippen MR) is 129 cm³/mol. The van der Waals surface area contributed by atoms with Crippen molar-refractivity contribution in [3.05, 3.63) is 115 Å². The van der Waals surface area contributed by atoms with E-state index in [-0.39, 0.29) is 0 Å². The minimum atomic E-state index is -0.758. The van der Waals surface area contributed by atoms with Gasteiger partial charge in [0.2, 0.25) is 12.1 Å². The van der Waals surface area contributed by atoms with Crippen LogP contribution in [0.4, 0.5) is 0 Å². The van der Waals surface area contributed by atoms with E-state index in [1.54, 1.807) is 0 Å². The molecule has 3 aromatic carbocycles. The number of hydrogen-bond donors (Lipinski definition) is 0. The summed E-state index contributed by atoms with van der Waals surface area (Å²) >= 11 is 0. The van der Waals surface area contributed by atoms with E-state index in [1.807, 2.05) is 78.9 Å². The zero-order valence-corrected chi connectivity index (χ0v) is 19.3. The minimum absolute atomic E-state index is 0.401. The molecule has 8 heteroatoms. The van der Waals surface area contributed by atoms with Crippen LogP contribution >= 0.6 is 0 Å². The molecular formula is C29H17N5O3+2. The van der Waals surface area contributed by atoms with E-state index in [9.17, 15) is 0 Å². The van der Waals surface area contributed by atoms with Crippen LogP contribution in [0.1, 0.15) is 11.1 Å². The van der Waals surface area contributed by atoms with Gasteiger partial charge in [-0.3, -0.25) is 0 Å². The number of benzene rings is 3. The first-order chi connectivity index (χ1) is 18.3. The highest BCUT2D eigenvalue weighted by Gasteiger charge is 2.71. The zero-order valence-electron chi connectivity index (χ0n) is 19.3. The monoisotopic (exact) mass is 483 g/mol. The maximum Gasteiger partial charge on any atom is 0.452 e. The summed E-state index contributed by atoms with van der Waals surface area (Å²) in [4.78, 5) is 0. The number of rotatable bonds is 2. The zero-order chi connectivity index (χ0) is 24.1. The lowest BCUT2D eigenvalue weighted by Gasteiger charge is -2.31. The molecule has 3 aliphatic heterocycles. The quantitative estimate of drug-likeness (QED) is 0.337. The molecule has 0 N–H and O–H groups in total. The third-order valence-corrected chi connectivity index (χ3v) is 7.36. The SMILES string of the molecule is c1ccc(-c2nnc(-c3ccc4c5c3Oc3cccc6c3C5([n+]3ccccc3O6)[n+]3cccn3-4)o2)cc1. The standard InChI is InChI=1S/C29H17N5O3/c1-2-8-18(9-3-1)27-30-31-28(37-27)19-13-14-20-24-26(19)36-22-11-6-10-21-25(22)29(24,34-17-7-16-33(20)34)32-15-5-4-12-23(32)35-21/h1-17H/q+2. The Labute approximate surface area is 210 Å². The van der Waals surface area contributed by atoms with Crippen molar-refractivity contribution in [1.29, 1.82) is 0 Å². The second kappa shape index (κ2) is 6.50. The molecule has 3 aromatic heterocycles. The average molecular weight is 483 g/mol. The largest absolute Gasteiger partial charge is 0.454 e. The number of pyridine rings is 1. The van der Waals surface area contributed by atoms with E-state index in [0.717, 1.165) is 45.3 Å². The molecule has 0 saturated carbocycles. The lowest BCUT2D eigenvalue weighted by Crippen LogP contribution is -2.75. The Balaban J connectivity index is 1.38. The molecular weight excluding hydrogens is 466 g/mol. The number of aromatic nitrogens is 5. The van der Waals surface area contributed by atoms with Gasteiger partial charge in [-0.25, -0.2) is 0 Å². The molecule has 0 saturated heterocycles. The van der Waals surface area contributed by atoms with Crippen molar-refractivity contribution < 1.29 is 23.1 Å². The van der Waals surface area contributed by atoms with Crippen LogP contribution in [0, 0.1) is 0 Å². The van der Waals surface area contributed by atoms with Crippen LogP contribution in [0.2, 0.25) is 0 Å². The molecule has 174 valence electrons. The smallest absolute Gasteiger partial charge is 0.452 e. The van der Waals surface area contributed by atoms with E-state index in [0.29, 0.717) is 17.5 Å². The molecule has 0 bridgehead atoms. The fraction of sp³-hybridized carbons (Fsp3) is 0.0345. The third kappa shape index (κ3) is 2.19. The Hall–Kier alpha value is -5.24. The van der Waals surface area contributed by atoms with Crippen molar-refractivity contribution in [3.63, 3.8) is 0 Å². The van der Waals surface area contributed by atoms with Crippen molar-refractivity contribution >= 4 is 0 Å². The first kappa shape index (κ1) is 19.0. The van der Waals surface area contributed by atoms with Crippen LogP contribution in [0.25, 0.3) is 28.6 Å². The molecule has 0 amide bonds. The Morgan fingerprint density at radius 1 is 0.703 bits per heavy atom. The van der Waals surface area contributed by atoms with Crippen LogP contribution in [-0.4, -0.2) is 14.9 Å². The molecule has 37 heavy (non-hydrogen) atoms. The molecule has 6 aromatic rings. The second-order valence-corrected chi connectivity index (χ2v) is 9.21. The Morgan fingerprint density at radius 2 is 1.54 bits per heavy atom. The van der Waals surface area contributed by atoms with Crippen LogP contribution in [0.15, 0.2) is 108 Å². The van der Waals surface area contributed by atoms with E-state index in [4.69, 9.17) is 13.9 Å². The van der Waals surface area contributed by atoms with Crippen LogP contribution in [-0.2, 0) is 5.66 Å². The van der Waals surface area contributed by atoms with Crippen molar-refractivity contribution in [3.8, 4) is 51.7 Å². The molecule has 0 aliphatic carbocycles. The topological polar surface area (TPSA) is 70.1 Å². The summed E-state index contributed by atoms with van der Waals surface area (Å²) in [6.45, 7) is 0. The minimum Gasteiger partial charge on any atom is -0.454 e. The number of nitrogens with zero attached hydrogens (tertiary/aromatic N) is 5. The molecule has 8 nitrogen and oxygen atoms in total. The van der Waals surface area contributed by atoms with Crippen molar-refractivity contribution in [1.82, 2.24) is 14.9 Å². The average Bonchev–Trinajstić information content (AvgIpc) is 3.68. The Kier molecular flexibility index (Phi) is 3.34. The summed E-state index contributed by atoms with van der Waals surface area (Å²) in [5, 5.41) is 8.75. The van der Waals surface area contributed by atoms with Crippen LogP contribution < -0.4 is 18.7 Å². The van der Waals surface area contributed by atoms with E-state index in [2.05, 4.69) is 48.8 Å². The van der Waals surface area contributed by atoms with Gasteiger partial charge in [0.05, 0.1) is 17.8 Å². The highest BCUT2D eigenvalue weighted by molar-refractivity contribution is 5.76. The molecule has 1 unspecified atom stereocenters. The van der Waals surface area contributed by atoms with Crippen LogP contribution in [0.3, 0.4) is 0 Å². The summed E-state index contributed by atoms with van der Waals surface area (Å²) in [6.07, 6.45) is 6.20. The Morgan fingerprint density at radius 3 is 2.46 bits per heavy atom. The van der Waals surface area contributed by atoms with Crippen LogP contribution in [0.5, 0.6) is 23.1 Å². The van der Waals surface area contributed by atoms with E-state index >= 15 is 0 Å². The van der Waals surface area contributed by atoms with Gasteiger partial charge in [-0.1, -0.05) is 28.8 Å². The van der Waals surface area contributed by atoms with E-state index < -0.39 is 5.66 Å². The maximum absolute atomic E-state index is 6.68. The molecule has 3 aliphatic rings. The molecule has 0 radical (unpaired) electrons. The first-order valence-corrected chi connectivity index (χ1v) is 12.0. The highest BCUT2D eigenvalue weighted by atomic mass is 16.5. The number of hydrogen-bond acceptors (Lipinski definition) is 5. The summed E-state index contributed by atoms with van der Waals surface area (Å²) < 4.78 is 25.8. The van der Waals surface area contributed by atoms with E-state index in [1.165, 1.54) is 0 Å². The summed E-state index contributed by atoms with van der Waals surface area (Å²) in [7, 11) is 0. The van der Waals surface area contributed by atoms with Gasteiger partial charge in [-0.15, -0.1) is 14.9 Å². The summed E-state index contributed by atoms with van der Waals surface area (Å²) in [5.74, 6) is 3.77. The Bertz CT molecular complexity index is 1910. The lowest BCUT2D eigenvalue weighted by atomic mass is 9.84. The molecule has 6 heterocycles. The molecule has 9 rings (SSSR count). The maximum atomic E-state index is 6.68. The lowest BCUT2D eigenvalue weighted by molar-refractivity contribution is -0.997. The predicted octanol–water partition coefficient (Wildman–Crippen LogP) is 4.59. The fourth-order valence-corrected chi connectivity index (χ4v) is 5.94. The first-order valence-electron chi connectivity index (χ1n) is 12.0.